The fraction of sp³-hybridized carbons (Fsp3) is 0.167. The Morgan fingerprint density at radius 3 is 2.30 bits per heavy atom. The van der Waals surface area contributed by atoms with Crippen LogP contribution in [0.25, 0.3) is 33.9 Å². The fourth-order valence-electron chi connectivity index (χ4n) is 2.53. The summed E-state index contributed by atoms with van der Waals surface area (Å²) in [7, 11) is 1.89. The molecule has 0 saturated carbocycles. The molecule has 2 N–H and O–H groups in total. The van der Waals surface area contributed by atoms with Gasteiger partial charge in [0.2, 0.25) is 0 Å². The van der Waals surface area contributed by atoms with Crippen LogP contribution in [-0.4, -0.2) is 59.4 Å². The van der Waals surface area contributed by atoms with Crippen LogP contribution in [-0.2, 0) is 7.05 Å². The molecule has 0 radical (unpaired) electrons. The Morgan fingerprint density at radius 2 is 1.50 bits per heavy atom. The quantitative estimate of drug-likeness (QED) is 0.386. The second kappa shape index (κ2) is 8.34. The molecule has 30 heavy (non-hydrogen) atoms. The van der Waals surface area contributed by atoms with Crippen LogP contribution < -0.4 is 0 Å². The van der Waals surface area contributed by atoms with E-state index in [9.17, 15) is 0 Å². The molecule has 12 nitrogen and oxygen atoms in total. The van der Waals surface area contributed by atoms with E-state index >= 15 is 0 Å². The van der Waals surface area contributed by atoms with Crippen molar-refractivity contribution < 1.29 is 0 Å². The molecule has 0 fully saturated rings. The number of imidazole rings is 3. The lowest BCUT2D eigenvalue weighted by Crippen LogP contribution is -1.87. The molecule has 0 aliphatic heterocycles. The molecular weight excluding hydrogens is 384 g/mol. The van der Waals surface area contributed by atoms with Crippen molar-refractivity contribution >= 4 is 33.9 Å². The standard InChI is InChI=1S/3C6H6N4/c1-4-2-7-5-6(10-4)9-3-8-5;1-10-4-9-5-6(10)8-3-2-7-5;1-4-9-5-6(10-4)8-3-2-7-5/h2-3H,1H3,(H,7,8,9,10);2-4H,1H3;2-3H,1H3,(H,7,8,9,10). The largest absolute Gasteiger partial charge is 0.328 e. The molecule has 0 aliphatic rings. The molecule has 6 heterocycles. The van der Waals surface area contributed by atoms with Crippen LogP contribution in [0.4, 0.5) is 0 Å². The van der Waals surface area contributed by atoms with Crippen LogP contribution in [0.3, 0.4) is 0 Å². The summed E-state index contributed by atoms with van der Waals surface area (Å²) in [5.74, 6) is 0.848. The zero-order valence-corrected chi connectivity index (χ0v) is 16.5. The van der Waals surface area contributed by atoms with Crippen molar-refractivity contribution in [3.8, 4) is 0 Å². The second-order valence-electron chi connectivity index (χ2n) is 6.20. The summed E-state index contributed by atoms with van der Waals surface area (Å²) in [5, 5.41) is 0. The Kier molecular flexibility index (Phi) is 5.28. The third-order valence-corrected chi connectivity index (χ3v) is 3.86. The number of nitrogens with zero attached hydrogens (tertiary/aromatic N) is 10. The van der Waals surface area contributed by atoms with Gasteiger partial charge in [0, 0.05) is 31.8 Å². The number of fused-ring (bicyclic) bond motifs is 3. The minimum Gasteiger partial charge on any atom is -0.328 e. The van der Waals surface area contributed by atoms with Crippen LogP contribution in [0.15, 0.2) is 43.6 Å². The highest BCUT2D eigenvalue weighted by atomic mass is 15.1. The molecule has 0 bridgehead atoms. The van der Waals surface area contributed by atoms with Gasteiger partial charge < -0.3 is 14.5 Å². The highest BCUT2D eigenvalue weighted by molar-refractivity contribution is 5.65. The van der Waals surface area contributed by atoms with Gasteiger partial charge in [-0.2, -0.15) is 0 Å². The van der Waals surface area contributed by atoms with Gasteiger partial charge in [-0.05, 0) is 13.8 Å². The Labute approximate surface area is 170 Å². The number of H-pyrrole nitrogens is 2. The maximum absolute atomic E-state index is 4.16. The lowest BCUT2D eigenvalue weighted by atomic mass is 10.5. The number of hydrogen-bond acceptors (Lipinski definition) is 9. The topological polar surface area (TPSA) is 153 Å². The van der Waals surface area contributed by atoms with Gasteiger partial charge in [-0.3, -0.25) is 0 Å². The minimum absolute atomic E-state index is 0.672. The smallest absolute Gasteiger partial charge is 0.197 e. The van der Waals surface area contributed by atoms with Gasteiger partial charge in [-0.15, -0.1) is 0 Å². The zero-order chi connectivity index (χ0) is 20.9. The highest BCUT2D eigenvalue weighted by Gasteiger charge is 1.98. The predicted octanol–water partition coefficient (Wildman–Crippen LogP) is 1.69. The van der Waals surface area contributed by atoms with Gasteiger partial charge in [0.1, 0.15) is 5.82 Å². The second-order valence-corrected chi connectivity index (χ2v) is 6.20. The number of rotatable bonds is 0. The SMILES string of the molecule is Cc1cnc2nc[nH]c2n1.Cc1nc2nccnc2[nH]1.Cn1cnc2nccnc21. The number of aryl methyl sites for hydroxylation is 3. The van der Waals surface area contributed by atoms with E-state index in [0.717, 1.165) is 28.5 Å². The van der Waals surface area contributed by atoms with Crippen molar-refractivity contribution in [1.82, 2.24) is 59.4 Å². The molecule has 6 rings (SSSR count). The van der Waals surface area contributed by atoms with E-state index in [0.29, 0.717) is 16.9 Å². The van der Waals surface area contributed by atoms with E-state index in [2.05, 4.69) is 54.8 Å². The average molecular weight is 402 g/mol. The molecule has 6 aromatic rings. The van der Waals surface area contributed by atoms with E-state index < -0.39 is 0 Å². The Bertz CT molecular complexity index is 1350. The van der Waals surface area contributed by atoms with Crippen molar-refractivity contribution in [2.45, 2.75) is 13.8 Å². The molecule has 0 spiro atoms. The monoisotopic (exact) mass is 402 g/mol. The van der Waals surface area contributed by atoms with Gasteiger partial charge in [-0.1, -0.05) is 0 Å². The molecule has 0 aromatic carbocycles. The summed E-state index contributed by atoms with van der Waals surface area (Å²) in [5.41, 5.74) is 5.27. The van der Waals surface area contributed by atoms with Crippen LogP contribution in [0, 0.1) is 13.8 Å². The van der Waals surface area contributed by atoms with E-state index in [1.807, 2.05) is 25.5 Å². The van der Waals surface area contributed by atoms with Gasteiger partial charge in [-0.25, -0.2) is 44.9 Å². The average Bonchev–Trinajstić information content (AvgIpc) is 3.46. The first kappa shape index (κ1) is 19.0. The van der Waals surface area contributed by atoms with E-state index in [1.54, 1.807) is 43.6 Å². The van der Waals surface area contributed by atoms with Crippen LogP contribution in [0.2, 0.25) is 0 Å². The van der Waals surface area contributed by atoms with Gasteiger partial charge in [0.25, 0.3) is 0 Å². The van der Waals surface area contributed by atoms with Gasteiger partial charge >= 0.3 is 0 Å². The van der Waals surface area contributed by atoms with E-state index in [-0.39, 0.29) is 0 Å². The lowest BCUT2D eigenvalue weighted by Gasteiger charge is -1.88. The maximum Gasteiger partial charge on any atom is 0.197 e. The number of aromatic amines is 2. The van der Waals surface area contributed by atoms with Crippen molar-refractivity contribution in [3.05, 3.63) is 55.2 Å². The molecule has 0 unspecified atom stereocenters. The summed E-state index contributed by atoms with van der Waals surface area (Å²) in [6.45, 7) is 3.77. The zero-order valence-electron chi connectivity index (χ0n) is 16.5. The fourth-order valence-corrected chi connectivity index (χ4v) is 2.53. The van der Waals surface area contributed by atoms with Crippen molar-refractivity contribution in [2.24, 2.45) is 7.05 Å². The Balaban J connectivity index is 0.000000109. The number of nitrogens with one attached hydrogen (secondary N) is 2. The first-order valence-electron chi connectivity index (χ1n) is 8.94. The van der Waals surface area contributed by atoms with Crippen LogP contribution in [0.5, 0.6) is 0 Å². The first-order chi connectivity index (χ1) is 14.6. The summed E-state index contributed by atoms with van der Waals surface area (Å²) >= 11 is 0. The highest BCUT2D eigenvalue weighted by Crippen LogP contribution is 2.03. The molecule has 150 valence electrons. The molecular formula is C18H18N12. The first-order valence-corrected chi connectivity index (χ1v) is 8.94. The summed E-state index contributed by atoms with van der Waals surface area (Å²) in [4.78, 5) is 42.2. The van der Waals surface area contributed by atoms with Crippen LogP contribution >= 0.6 is 0 Å². The Morgan fingerprint density at radius 1 is 0.733 bits per heavy atom. The van der Waals surface area contributed by atoms with Gasteiger partial charge in [0.05, 0.1) is 24.5 Å². The summed E-state index contributed by atoms with van der Waals surface area (Å²) in [6, 6.07) is 0. The van der Waals surface area contributed by atoms with E-state index in [1.165, 1.54) is 0 Å². The Hall–Kier alpha value is -4.35. The predicted molar refractivity (Wildman–Crippen MR) is 109 cm³/mol. The van der Waals surface area contributed by atoms with Crippen LogP contribution in [0.1, 0.15) is 11.5 Å². The molecule has 0 amide bonds. The molecule has 6 aromatic heterocycles. The normalized spacial score (nSPS) is 10.5. The summed E-state index contributed by atoms with van der Waals surface area (Å²) < 4.78 is 1.84. The molecule has 12 heteroatoms. The molecule has 0 atom stereocenters. The van der Waals surface area contributed by atoms with E-state index in [4.69, 9.17) is 0 Å². The molecule has 0 saturated heterocycles. The number of hydrogen-bond donors (Lipinski definition) is 2. The number of aromatic nitrogens is 12. The third-order valence-electron chi connectivity index (χ3n) is 3.86. The maximum atomic E-state index is 4.16. The third kappa shape index (κ3) is 4.22. The van der Waals surface area contributed by atoms with Gasteiger partial charge in [0.15, 0.2) is 33.9 Å². The molecule has 0 aliphatic carbocycles. The summed E-state index contributed by atoms with van der Waals surface area (Å²) in [6.07, 6.45) is 11.5. The minimum atomic E-state index is 0.672. The van der Waals surface area contributed by atoms with Crippen molar-refractivity contribution in [2.75, 3.05) is 0 Å². The lowest BCUT2D eigenvalue weighted by molar-refractivity contribution is 0.930. The van der Waals surface area contributed by atoms with Crippen molar-refractivity contribution in [3.63, 3.8) is 0 Å². The van der Waals surface area contributed by atoms with Crippen molar-refractivity contribution in [1.29, 1.82) is 0 Å².